The molecule has 62 valence electrons. The number of Topliss-reactive ketones (excluding diaryl/α,β-unsaturated/α-hetero) is 1. The summed E-state index contributed by atoms with van der Waals surface area (Å²) in [5.74, 6) is 1.34. The van der Waals surface area contributed by atoms with Gasteiger partial charge in [-0.3, -0.25) is 4.79 Å². The molecule has 2 rings (SSSR count). The van der Waals surface area contributed by atoms with Crippen molar-refractivity contribution >= 4 is 5.78 Å². The molecule has 3 atom stereocenters. The third kappa shape index (κ3) is 0.791. The number of carbonyl (C=O) groups is 1. The van der Waals surface area contributed by atoms with Gasteiger partial charge in [-0.05, 0) is 25.7 Å². The molecule has 11 heavy (non-hydrogen) atoms. The zero-order valence-electron chi connectivity index (χ0n) is 7.09. The smallest absolute Gasteiger partial charge is 0.136 e. The molecule has 0 radical (unpaired) electrons. The highest BCUT2D eigenvalue weighted by molar-refractivity contribution is 5.85. The fourth-order valence-corrected chi connectivity index (χ4v) is 2.56. The molecule has 2 heteroatoms. The number of hydrogen-bond acceptors (Lipinski definition) is 2. The van der Waals surface area contributed by atoms with E-state index >= 15 is 0 Å². The Balaban J connectivity index is 2.12. The van der Waals surface area contributed by atoms with E-state index in [-0.39, 0.29) is 5.60 Å². The van der Waals surface area contributed by atoms with E-state index in [0.29, 0.717) is 17.6 Å². The van der Waals surface area contributed by atoms with Gasteiger partial charge in [-0.1, -0.05) is 0 Å². The summed E-state index contributed by atoms with van der Waals surface area (Å²) in [6, 6.07) is 0. The van der Waals surface area contributed by atoms with Gasteiger partial charge < -0.3 is 4.74 Å². The maximum absolute atomic E-state index is 11.2. The lowest BCUT2D eigenvalue weighted by atomic mass is 9.63. The van der Waals surface area contributed by atoms with E-state index in [0.717, 1.165) is 19.3 Å². The topological polar surface area (TPSA) is 26.3 Å². The Morgan fingerprint density at radius 1 is 1.64 bits per heavy atom. The molecular weight excluding hydrogens is 140 g/mol. The average Bonchev–Trinajstić information content (AvgIpc) is 2.27. The Morgan fingerprint density at radius 2 is 2.36 bits per heavy atom. The summed E-state index contributed by atoms with van der Waals surface area (Å²) in [6.07, 6.45) is 2.79. The predicted molar refractivity (Wildman–Crippen MR) is 41.3 cm³/mol. The van der Waals surface area contributed by atoms with E-state index in [2.05, 4.69) is 6.92 Å². The van der Waals surface area contributed by atoms with Gasteiger partial charge in [-0.25, -0.2) is 0 Å². The lowest BCUT2D eigenvalue weighted by molar-refractivity contribution is -0.153. The Labute approximate surface area is 66.9 Å². The highest BCUT2D eigenvalue weighted by atomic mass is 16.5. The van der Waals surface area contributed by atoms with Gasteiger partial charge >= 0.3 is 0 Å². The van der Waals surface area contributed by atoms with Crippen molar-refractivity contribution in [2.24, 2.45) is 11.8 Å². The molecular formula is C9H14O2. The van der Waals surface area contributed by atoms with Gasteiger partial charge in [-0.15, -0.1) is 0 Å². The van der Waals surface area contributed by atoms with E-state index in [1.165, 1.54) is 0 Å². The number of carbonyl (C=O) groups excluding carboxylic acids is 1. The number of rotatable bonds is 1. The molecule has 0 saturated heterocycles. The highest BCUT2D eigenvalue weighted by Crippen LogP contribution is 2.53. The second-order valence-electron chi connectivity index (χ2n) is 3.94. The van der Waals surface area contributed by atoms with Crippen LogP contribution in [0.4, 0.5) is 0 Å². The summed E-state index contributed by atoms with van der Waals surface area (Å²) >= 11 is 0. The molecule has 0 aromatic carbocycles. The van der Waals surface area contributed by atoms with E-state index < -0.39 is 0 Å². The fraction of sp³-hybridized carbons (Fsp3) is 0.889. The van der Waals surface area contributed by atoms with Gasteiger partial charge in [0.1, 0.15) is 5.78 Å². The van der Waals surface area contributed by atoms with Gasteiger partial charge in [0, 0.05) is 19.4 Å². The first-order valence-electron chi connectivity index (χ1n) is 4.25. The lowest BCUT2D eigenvalue weighted by Gasteiger charge is -2.48. The van der Waals surface area contributed by atoms with E-state index in [9.17, 15) is 4.79 Å². The minimum atomic E-state index is 0.0246. The molecule has 0 aromatic rings. The summed E-state index contributed by atoms with van der Waals surface area (Å²) < 4.78 is 5.38. The third-order valence-corrected chi connectivity index (χ3v) is 3.48. The van der Waals surface area contributed by atoms with Crippen LogP contribution in [0.15, 0.2) is 0 Å². The van der Waals surface area contributed by atoms with Crippen LogP contribution in [0.3, 0.4) is 0 Å². The first-order valence-corrected chi connectivity index (χ1v) is 4.25. The molecule has 0 bridgehead atoms. The molecule has 2 nitrogen and oxygen atoms in total. The molecule has 2 aliphatic rings. The second kappa shape index (κ2) is 2.07. The van der Waals surface area contributed by atoms with Crippen molar-refractivity contribution in [1.82, 2.24) is 0 Å². The molecule has 0 N–H and O–H groups in total. The summed E-state index contributed by atoms with van der Waals surface area (Å²) in [6.45, 7) is 2.12. The summed E-state index contributed by atoms with van der Waals surface area (Å²) in [5, 5.41) is 0. The van der Waals surface area contributed by atoms with Crippen molar-refractivity contribution in [1.29, 1.82) is 0 Å². The summed E-state index contributed by atoms with van der Waals surface area (Å²) in [7, 11) is 1.75. The van der Waals surface area contributed by atoms with Crippen LogP contribution >= 0.6 is 0 Å². The fourth-order valence-electron chi connectivity index (χ4n) is 2.56. The lowest BCUT2D eigenvalue weighted by Crippen LogP contribution is -2.52. The summed E-state index contributed by atoms with van der Waals surface area (Å²) in [5.41, 5.74) is 0.0246. The molecule has 0 spiro atoms. The van der Waals surface area contributed by atoms with Crippen molar-refractivity contribution in [2.45, 2.75) is 31.8 Å². The zero-order valence-corrected chi connectivity index (χ0v) is 7.09. The van der Waals surface area contributed by atoms with Crippen molar-refractivity contribution in [3.63, 3.8) is 0 Å². The molecule has 2 saturated carbocycles. The molecule has 2 fully saturated rings. The van der Waals surface area contributed by atoms with Gasteiger partial charge in [0.05, 0.1) is 5.60 Å². The van der Waals surface area contributed by atoms with Gasteiger partial charge in [0.15, 0.2) is 0 Å². The minimum Gasteiger partial charge on any atom is -0.378 e. The second-order valence-corrected chi connectivity index (χ2v) is 3.94. The van der Waals surface area contributed by atoms with Gasteiger partial charge in [0.25, 0.3) is 0 Å². The SMILES string of the molecule is COC1(C)CC2C(=O)CCC21. The van der Waals surface area contributed by atoms with Crippen LogP contribution in [-0.4, -0.2) is 18.5 Å². The Morgan fingerprint density at radius 3 is 2.91 bits per heavy atom. The third-order valence-electron chi connectivity index (χ3n) is 3.48. The van der Waals surface area contributed by atoms with Crippen molar-refractivity contribution in [3.8, 4) is 0 Å². The maximum Gasteiger partial charge on any atom is 0.136 e. The Hall–Kier alpha value is -0.370. The predicted octanol–water partition coefficient (Wildman–Crippen LogP) is 1.39. The maximum atomic E-state index is 11.2. The van der Waals surface area contributed by atoms with Crippen LogP contribution in [-0.2, 0) is 9.53 Å². The van der Waals surface area contributed by atoms with Crippen LogP contribution < -0.4 is 0 Å². The zero-order chi connectivity index (χ0) is 8.06. The van der Waals surface area contributed by atoms with Crippen LogP contribution in [0.1, 0.15) is 26.2 Å². The summed E-state index contributed by atoms with van der Waals surface area (Å²) in [4.78, 5) is 11.2. The Kier molecular flexibility index (Phi) is 1.37. The van der Waals surface area contributed by atoms with Crippen LogP contribution in [0.25, 0.3) is 0 Å². The van der Waals surface area contributed by atoms with Crippen LogP contribution in [0.2, 0.25) is 0 Å². The molecule has 0 aliphatic heterocycles. The minimum absolute atomic E-state index is 0.0246. The van der Waals surface area contributed by atoms with E-state index in [1.54, 1.807) is 7.11 Å². The standard InChI is InChI=1S/C9H14O2/c1-9(11-2)5-6-7(9)3-4-8(6)10/h6-7H,3-5H2,1-2H3. The van der Waals surface area contributed by atoms with Crippen molar-refractivity contribution < 1.29 is 9.53 Å². The van der Waals surface area contributed by atoms with Gasteiger partial charge in [0.2, 0.25) is 0 Å². The van der Waals surface area contributed by atoms with E-state index in [1.807, 2.05) is 0 Å². The molecule has 3 unspecified atom stereocenters. The number of methoxy groups -OCH3 is 1. The van der Waals surface area contributed by atoms with Gasteiger partial charge in [-0.2, -0.15) is 0 Å². The monoisotopic (exact) mass is 154 g/mol. The van der Waals surface area contributed by atoms with Crippen LogP contribution in [0, 0.1) is 11.8 Å². The Bertz CT molecular complexity index is 200. The first-order chi connectivity index (χ1) is 5.17. The largest absolute Gasteiger partial charge is 0.378 e. The average molecular weight is 154 g/mol. The van der Waals surface area contributed by atoms with Crippen LogP contribution in [0.5, 0.6) is 0 Å². The molecule has 0 aromatic heterocycles. The number of hydrogen-bond donors (Lipinski definition) is 0. The van der Waals surface area contributed by atoms with Crippen molar-refractivity contribution in [2.75, 3.05) is 7.11 Å². The molecule has 0 amide bonds. The normalized spacial score (nSPS) is 48.7. The number of ketones is 1. The van der Waals surface area contributed by atoms with E-state index in [4.69, 9.17) is 4.74 Å². The van der Waals surface area contributed by atoms with Crippen molar-refractivity contribution in [3.05, 3.63) is 0 Å². The first kappa shape index (κ1) is 7.29. The quantitative estimate of drug-likeness (QED) is 0.570. The highest BCUT2D eigenvalue weighted by Gasteiger charge is 2.56. The number of ether oxygens (including phenoxy) is 1. The number of fused-ring (bicyclic) bond motifs is 1. The molecule has 0 heterocycles. The molecule has 2 aliphatic carbocycles.